The highest BCUT2D eigenvalue weighted by molar-refractivity contribution is 5.36. The topological polar surface area (TPSA) is 24.9 Å². The molecule has 0 unspecified atom stereocenters. The Morgan fingerprint density at radius 3 is 2.93 bits per heavy atom. The Bertz CT molecular complexity index is 303. The maximum Gasteiger partial charge on any atom is 0.126 e. The summed E-state index contributed by atoms with van der Waals surface area (Å²) in [6, 6.07) is 4.14. The molecule has 1 aliphatic rings. The fourth-order valence-electron chi connectivity index (χ4n) is 2.34. The Morgan fingerprint density at radius 2 is 2.20 bits per heavy atom. The van der Waals surface area contributed by atoms with Crippen molar-refractivity contribution >= 4 is 5.82 Å². The van der Waals surface area contributed by atoms with E-state index in [4.69, 9.17) is 0 Å². The molecule has 0 aliphatic heterocycles. The number of aryl methyl sites for hydroxylation is 1. The number of pyridine rings is 1. The van der Waals surface area contributed by atoms with E-state index in [0.717, 1.165) is 18.3 Å². The van der Waals surface area contributed by atoms with Crippen molar-refractivity contribution in [2.75, 3.05) is 11.9 Å². The van der Waals surface area contributed by atoms with Gasteiger partial charge in [-0.3, -0.25) is 0 Å². The van der Waals surface area contributed by atoms with Gasteiger partial charge in [-0.1, -0.05) is 25.7 Å². The van der Waals surface area contributed by atoms with Crippen molar-refractivity contribution in [3.05, 3.63) is 23.9 Å². The predicted molar refractivity (Wildman–Crippen MR) is 64.0 cm³/mol. The second-order valence-electron chi connectivity index (χ2n) is 4.58. The van der Waals surface area contributed by atoms with Crippen molar-refractivity contribution in [2.45, 2.75) is 39.0 Å². The Balaban J connectivity index is 1.73. The molecule has 1 N–H and O–H groups in total. The van der Waals surface area contributed by atoms with Crippen LogP contribution < -0.4 is 5.32 Å². The number of hydrogen-bond donors (Lipinski definition) is 1. The molecule has 1 heterocycles. The lowest BCUT2D eigenvalue weighted by molar-refractivity contribution is 0.518. The number of anilines is 1. The first-order chi connectivity index (χ1) is 7.34. The van der Waals surface area contributed by atoms with Crippen LogP contribution in [-0.2, 0) is 0 Å². The third-order valence-corrected chi connectivity index (χ3v) is 3.25. The molecule has 1 aromatic heterocycles. The number of nitrogens with zero attached hydrogens (tertiary/aromatic N) is 1. The molecule has 0 radical (unpaired) electrons. The van der Waals surface area contributed by atoms with E-state index in [1.807, 2.05) is 12.3 Å². The third kappa shape index (κ3) is 3.22. The lowest BCUT2D eigenvalue weighted by Gasteiger charge is -2.10. The van der Waals surface area contributed by atoms with Gasteiger partial charge in [0.1, 0.15) is 5.82 Å². The zero-order chi connectivity index (χ0) is 10.5. The summed E-state index contributed by atoms with van der Waals surface area (Å²) in [5, 5.41) is 3.40. The number of hydrogen-bond acceptors (Lipinski definition) is 2. The van der Waals surface area contributed by atoms with Gasteiger partial charge in [-0.25, -0.2) is 4.98 Å². The van der Waals surface area contributed by atoms with Gasteiger partial charge < -0.3 is 5.32 Å². The molecule has 15 heavy (non-hydrogen) atoms. The Kier molecular flexibility index (Phi) is 3.59. The molecule has 1 aromatic rings. The van der Waals surface area contributed by atoms with Gasteiger partial charge in [-0.05, 0) is 37.0 Å². The zero-order valence-electron chi connectivity index (χ0n) is 9.50. The molecule has 1 aliphatic carbocycles. The molecule has 0 aromatic carbocycles. The van der Waals surface area contributed by atoms with Crippen LogP contribution in [0.2, 0.25) is 0 Å². The van der Waals surface area contributed by atoms with Gasteiger partial charge in [0.05, 0.1) is 0 Å². The van der Waals surface area contributed by atoms with Crippen LogP contribution in [0.4, 0.5) is 5.82 Å². The van der Waals surface area contributed by atoms with Crippen molar-refractivity contribution in [1.29, 1.82) is 0 Å². The second-order valence-corrected chi connectivity index (χ2v) is 4.58. The molecule has 0 saturated heterocycles. The van der Waals surface area contributed by atoms with Gasteiger partial charge in [0, 0.05) is 12.7 Å². The first-order valence-corrected chi connectivity index (χ1v) is 6.01. The normalized spacial score (nSPS) is 16.9. The zero-order valence-corrected chi connectivity index (χ0v) is 9.50. The van der Waals surface area contributed by atoms with Crippen LogP contribution in [-0.4, -0.2) is 11.5 Å². The minimum Gasteiger partial charge on any atom is -0.370 e. The highest BCUT2D eigenvalue weighted by Crippen LogP contribution is 2.27. The molecule has 0 amide bonds. The van der Waals surface area contributed by atoms with E-state index in [2.05, 4.69) is 23.3 Å². The maximum absolute atomic E-state index is 4.29. The standard InChI is InChI=1S/C13H20N2/c1-11-6-8-14-13(10-11)15-9-7-12-4-2-3-5-12/h6,8,10,12H,2-5,7,9H2,1H3,(H,14,15). The van der Waals surface area contributed by atoms with Gasteiger partial charge in [0.25, 0.3) is 0 Å². The summed E-state index contributed by atoms with van der Waals surface area (Å²) < 4.78 is 0. The monoisotopic (exact) mass is 204 g/mol. The lowest BCUT2D eigenvalue weighted by Crippen LogP contribution is -2.07. The van der Waals surface area contributed by atoms with E-state index in [1.54, 1.807) is 0 Å². The van der Waals surface area contributed by atoms with Crippen molar-refractivity contribution in [3.8, 4) is 0 Å². The average Bonchev–Trinajstić information content (AvgIpc) is 2.71. The quantitative estimate of drug-likeness (QED) is 0.813. The summed E-state index contributed by atoms with van der Waals surface area (Å²) in [7, 11) is 0. The van der Waals surface area contributed by atoms with Crippen molar-refractivity contribution in [1.82, 2.24) is 4.98 Å². The molecular weight excluding hydrogens is 184 g/mol. The first-order valence-electron chi connectivity index (χ1n) is 6.01. The van der Waals surface area contributed by atoms with E-state index >= 15 is 0 Å². The van der Waals surface area contributed by atoms with Crippen LogP contribution in [0, 0.1) is 12.8 Å². The molecule has 1 saturated carbocycles. The third-order valence-electron chi connectivity index (χ3n) is 3.25. The molecule has 1 fully saturated rings. The van der Waals surface area contributed by atoms with Crippen LogP contribution in [0.1, 0.15) is 37.7 Å². The largest absolute Gasteiger partial charge is 0.370 e. The van der Waals surface area contributed by atoms with Crippen molar-refractivity contribution in [3.63, 3.8) is 0 Å². The summed E-state index contributed by atoms with van der Waals surface area (Å²) >= 11 is 0. The van der Waals surface area contributed by atoms with Crippen molar-refractivity contribution in [2.24, 2.45) is 5.92 Å². The van der Waals surface area contributed by atoms with Gasteiger partial charge in [0.2, 0.25) is 0 Å². The first kappa shape index (κ1) is 10.5. The minimum atomic E-state index is 0.960. The van der Waals surface area contributed by atoms with Crippen LogP contribution in [0.3, 0.4) is 0 Å². The summed E-state index contributed by atoms with van der Waals surface area (Å²) in [4.78, 5) is 4.29. The van der Waals surface area contributed by atoms with Crippen molar-refractivity contribution < 1.29 is 0 Å². The maximum atomic E-state index is 4.29. The number of rotatable bonds is 4. The number of aromatic nitrogens is 1. The lowest BCUT2D eigenvalue weighted by atomic mass is 10.0. The Hall–Kier alpha value is -1.05. The smallest absolute Gasteiger partial charge is 0.126 e. The summed E-state index contributed by atoms with van der Waals surface area (Å²) in [6.45, 7) is 3.17. The fraction of sp³-hybridized carbons (Fsp3) is 0.615. The summed E-state index contributed by atoms with van der Waals surface area (Å²) in [5.41, 5.74) is 1.27. The molecule has 2 heteroatoms. The van der Waals surface area contributed by atoms with Gasteiger partial charge >= 0.3 is 0 Å². The van der Waals surface area contributed by atoms with Gasteiger partial charge in [-0.15, -0.1) is 0 Å². The van der Waals surface area contributed by atoms with E-state index in [9.17, 15) is 0 Å². The molecule has 82 valence electrons. The van der Waals surface area contributed by atoms with Gasteiger partial charge in [-0.2, -0.15) is 0 Å². The number of nitrogens with one attached hydrogen (secondary N) is 1. The molecule has 2 nitrogen and oxygen atoms in total. The highest BCUT2D eigenvalue weighted by atomic mass is 15.0. The Morgan fingerprint density at radius 1 is 1.40 bits per heavy atom. The van der Waals surface area contributed by atoms with E-state index < -0.39 is 0 Å². The molecule has 0 spiro atoms. The molecule has 2 rings (SSSR count). The SMILES string of the molecule is Cc1ccnc(NCCC2CCCC2)c1. The van der Waals surface area contributed by atoms with Crippen LogP contribution in [0.15, 0.2) is 18.3 Å². The van der Waals surface area contributed by atoms with Crippen LogP contribution in [0.25, 0.3) is 0 Å². The predicted octanol–water partition coefficient (Wildman–Crippen LogP) is 3.38. The summed E-state index contributed by atoms with van der Waals surface area (Å²) in [6.07, 6.45) is 8.91. The fourth-order valence-corrected chi connectivity index (χ4v) is 2.34. The van der Waals surface area contributed by atoms with Crippen LogP contribution in [0.5, 0.6) is 0 Å². The van der Waals surface area contributed by atoms with E-state index in [0.29, 0.717) is 0 Å². The second kappa shape index (κ2) is 5.15. The van der Waals surface area contributed by atoms with E-state index in [-0.39, 0.29) is 0 Å². The summed E-state index contributed by atoms with van der Waals surface area (Å²) in [5.74, 6) is 1.98. The van der Waals surface area contributed by atoms with Gasteiger partial charge in [0.15, 0.2) is 0 Å². The molecule has 0 atom stereocenters. The molecular formula is C13H20N2. The average molecular weight is 204 g/mol. The Labute approximate surface area is 92.1 Å². The van der Waals surface area contributed by atoms with Crippen LogP contribution >= 0.6 is 0 Å². The highest BCUT2D eigenvalue weighted by Gasteiger charge is 2.13. The van der Waals surface area contributed by atoms with E-state index in [1.165, 1.54) is 37.7 Å². The minimum absolute atomic E-state index is 0.960. The molecule has 0 bridgehead atoms.